The largest absolute Gasteiger partial charge is 0.493 e. The van der Waals surface area contributed by atoms with Gasteiger partial charge in [0.2, 0.25) is 0 Å². The molecule has 0 aliphatic carbocycles. The van der Waals surface area contributed by atoms with Crippen molar-refractivity contribution >= 4 is 17.4 Å². The number of Topliss-reactive ketones (excluding diaryl/α,β-unsaturated/α-hetero) is 1. The van der Waals surface area contributed by atoms with Crippen LogP contribution in [0.15, 0.2) is 12.1 Å². The van der Waals surface area contributed by atoms with Crippen molar-refractivity contribution in [2.75, 3.05) is 14.2 Å². The minimum Gasteiger partial charge on any atom is -0.493 e. The fraction of sp³-hybridized carbons (Fsp3) is 0.562. The Morgan fingerprint density at radius 2 is 1.80 bits per heavy atom. The monoisotopic (exact) mass is 298 g/mol. The summed E-state index contributed by atoms with van der Waals surface area (Å²) in [4.78, 5) is 12.1. The number of ether oxygens (including phenoxy) is 2. The maximum Gasteiger partial charge on any atom is 0.179 e. The molecule has 0 atom stereocenters. The summed E-state index contributed by atoms with van der Waals surface area (Å²) in [5, 5.41) is 0.404. The number of ketones is 1. The topological polar surface area (TPSA) is 35.5 Å². The summed E-state index contributed by atoms with van der Waals surface area (Å²) in [5.41, 5.74) is 0.586. The van der Waals surface area contributed by atoms with Crippen molar-refractivity contribution in [2.24, 2.45) is 0 Å². The Balaban J connectivity index is 2.66. The highest BCUT2D eigenvalue weighted by Crippen LogP contribution is 2.36. The molecule has 0 aromatic heterocycles. The first-order valence-corrected chi connectivity index (χ1v) is 7.46. The highest BCUT2D eigenvalue weighted by Gasteiger charge is 2.14. The number of methoxy groups -OCH3 is 2. The number of rotatable bonds is 9. The highest BCUT2D eigenvalue weighted by molar-refractivity contribution is 6.32. The smallest absolute Gasteiger partial charge is 0.179 e. The van der Waals surface area contributed by atoms with Crippen molar-refractivity contribution in [2.45, 2.75) is 45.4 Å². The van der Waals surface area contributed by atoms with Crippen LogP contribution in [0.4, 0.5) is 0 Å². The molecule has 0 aliphatic rings. The molecule has 1 aromatic carbocycles. The summed E-state index contributed by atoms with van der Waals surface area (Å²) in [6.07, 6.45) is 6.20. The Morgan fingerprint density at radius 3 is 2.40 bits per heavy atom. The van der Waals surface area contributed by atoms with Crippen molar-refractivity contribution in [3.63, 3.8) is 0 Å². The van der Waals surface area contributed by atoms with E-state index < -0.39 is 0 Å². The van der Waals surface area contributed by atoms with Crippen molar-refractivity contribution in [1.29, 1.82) is 0 Å². The van der Waals surface area contributed by atoms with E-state index in [0.29, 0.717) is 28.5 Å². The van der Waals surface area contributed by atoms with Crippen molar-refractivity contribution in [3.8, 4) is 11.5 Å². The van der Waals surface area contributed by atoms with Gasteiger partial charge in [-0.25, -0.2) is 0 Å². The summed E-state index contributed by atoms with van der Waals surface area (Å²) in [6.45, 7) is 2.18. The predicted octanol–water partition coefficient (Wildman–Crippen LogP) is 4.90. The van der Waals surface area contributed by atoms with E-state index in [1.165, 1.54) is 33.5 Å². The van der Waals surface area contributed by atoms with Crippen molar-refractivity contribution < 1.29 is 14.3 Å². The molecule has 0 unspecified atom stereocenters. The molecule has 0 N–H and O–H groups in total. The number of carbonyl (C=O) groups is 1. The van der Waals surface area contributed by atoms with E-state index >= 15 is 0 Å². The number of halogens is 1. The summed E-state index contributed by atoms with van der Waals surface area (Å²) >= 11 is 6.10. The van der Waals surface area contributed by atoms with Gasteiger partial charge < -0.3 is 9.47 Å². The van der Waals surface area contributed by atoms with E-state index in [0.717, 1.165) is 12.8 Å². The number of unbranched alkanes of at least 4 members (excludes halogenated alkanes) is 4. The van der Waals surface area contributed by atoms with E-state index in [-0.39, 0.29) is 5.78 Å². The molecule has 0 saturated heterocycles. The van der Waals surface area contributed by atoms with Crippen LogP contribution in [0.2, 0.25) is 5.02 Å². The van der Waals surface area contributed by atoms with Crippen LogP contribution in [0.1, 0.15) is 55.8 Å². The lowest BCUT2D eigenvalue weighted by Gasteiger charge is -2.11. The van der Waals surface area contributed by atoms with Crippen LogP contribution in [0.3, 0.4) is 0 Å². The van der Waals surface area contributed by atoms with Crippen LogP contribution in [0.25, 0.3) is 0 Å². The molecular weight excluding hydrogens is 276 g/mol. The van der Waals surface area contributed by atoms with E-state index in [1.54, 1.807) is 12.1 Å². The second kappa shape index (κ2) is 8.85. The lowest BCUT2D eigenvalue weighted by Crippen LogP contribution is -2.01. The Bertz CT molecular complexity index is 444. The molecule has 0 spiro atoms. The first kappa shape index (κ1) is 16.8. The second-order valence-electron chi connectivity index (χ2n) is 4.78. The third kappa shape index (κ3) is 4.71. The third-order valence-electron chi connectivity index (χ3n) is 3.26. The Labute approximate surface area is 126 Å². The molecule has 20 heavy (non-hydrogen) atoms. The van der Waals surface area contributed by atoms with E-state index in [2.05, 4.69) is 6.92 Å². The SMILES string of the molecule is CCCCCCCC(=O)c1cc(Cl)c(OC)c(OC)c1. The zero-order valence-electron chi connectivity index (χ0n) is 12.5. The number of hydrogen-bond donors (Lipinski definition) is 0. The lowest BCUT2D eigenvalue weighted by atomic mass is 10.0. The Morgan fingerprint density at radius 1 is 1.10 bits per heavy atom. The van der Waals surface area contributed by atoms with Gasteiger partial charge >= 0.3 is 0 Å². The fourth-order valence-corrected chi connectivity index (χ4v) is 2.40. The van der Waals surface area contributed by atoms with Crippen LogP contribution in [0, 0.1) is 0 Å². The summed E-state index contributed by atoms with van der Waals surface area (Å²) in [5.74, 6) is 1.06. The molecule has 0 amide bonds. The zero-order valence-corrected chi connectivity index (χ0v) is 13.3. The molecule has 1 aromatic rings. The van der Waals surface area contributed by atoms with E-state index in [9.17, 15) is 4.79 Å². The first-order valence-electron chi connectivity index (χ1n) is 7.08. The molecule has 0 radical (unpaired) electrons. The predicted molar refractivity (Wildman–Crippen MR) is 82.3 cm³/mol. The van der Waals surface area contributed by atoms with Gasteiger partial charge in [-0.15, -0.1) is 0 Å². The summed E-state index contributed by atoms with van der Waals surface area (Å²) in [7, 11) is 3.06. The van der Waals surface area contributed by atoms with Gasteiger partial charge in [0, 0.05) is 12.0 Å². The average molecular weight is 299 g/mol. The van der Waals surface area contributed by atoms with E-state index in [4.69, 9.17) is 21.1 Å². The minimum absolute atomic E-state index is 0.101. The standard InChI is InChI=1S/C16H23ClO3/c1-4-5-6-7-8-9-14(18)12-10-13(17)16(20-3)15(11-12)19-2/h10-11H,4-9H2,1-3H3. The molecule has 0 heterocycles. The van der Waals surface area contributed by atoms with Gasteiger partial charge in [0.25, 0.3) is 0 Å². The summed E-state index contributed by atoms with van der Waals surface area (Å²) < 4.78 is 10.4. The highest BCUT2D eigenvalue weighted by atomic mass is 35.5. The molecule has 112 valence electrons. The molecular formula is C16H23ClO3. The van der Waals surface area contributed by atoms with Gasteiger partial charge in [-0.1, -0.05) is 44.2 Å². The molecule has 0 fully saturated rings. The number of benzene rings is 1. The first-order chi connectivity index (χ1) is 9.63. The quantitative estimate of drug-likeness (QED) is 0.480. The fourth-order valence-electron chi connectivity index (χ4n) is 2.11. The van der Waals surface area contributed by atoms with Gasteiger partial charge in [0.15, 0.2) is 17.3 Å². The minimum atomic E-state index is 0.101. The molecule has 0 bridgehead atoms. The van der Waals surface area contributed by atoms with Gasteiger partial charge in [-0.05, 0) is 18.6 Å². The summed E-state index contributed by atoms with van der Waals surface area (Å²) in [6, 6.07) is 3.34. The second-order valence-corrected chi connectivity index (χ2v) is 5.19. The molecule has 0 saturated carbocycles. The van der Waals surface area contributed by atoms with Crippen molar-refractivity contribution in [3.05, 3.63) is 22.7 Å². The van der Waals surface area contributed by atoms with Gasteiger partial charge in [-0.3, -0.25) is 4.79 Å². The van der Waals surface area contributed by atoms with Crippen LogP contribution >= 0.6 is 11.6 Å². The molecule has 0 aliphatic heterocycles. The van der Waals surface area contributed by atoms with Gasteiger partial charge in [-0.2, -0.15) is 0 Å². The van der Waals surface area contributed by atoms with Crippen molar-refractivity contribution in [1.82, 2.24) is 0 Å². The normalized spacial score (nSPS) is 10.4. The maximum atomic E-state index is 12.1. The zero-order chi connectivity index (χ0) is 15.0. The van der Waals surface area contributed by atoms with Crippen LogP contribution in [-0.2, 0) is 0 Å². The van der Waals surface area contributed by atoms with Crippen LogP contribution < -0.4 is 9.47 Å². The molecule has 3 nitrogen and oxygen atoms in total. The molecule has 4 heteroatoms. The lowest BCUT2D eigenvalue weighted by molar-refractivity contribution is 0.0978. The number of hydrogen-bond acceptors (Lipinski definition) is 3. The maximum absolute atomic E-state index is 12.1. The van der Waals surface area contributed by atoms with E-state index in [1.807, 2.05) is 0 Å². The number of carbonyl (C=O) groups excluding carboxylic acids is 1. The Hall–Kier alpha value is -1.22. The third-order valence-corrected chi connectivity index (χ3v) is 3.54. The molecule has 1 rings (SSSR count). The Kier molecular flexibility index (Phi) is 7.45. The van der Waals surface area contributed by atoms with Gasteiger partial charge in [0.1, 0.15) is 0 Å². The van der Waals surface area contributed by atoms with Crippen LogP contribution in [0.5, 0.6) is 11.5 Å². The van der Waals surface area contributed by atoms with Gasteiger partial charge in [0.05, 0.1) is 19.2 Å². The van der Waals surface area contributed by atoms with Crippen LogP contribution in [-0.4, -0.2) is 20.0 Å². The average Bonchev–Trinajstić information content (AvgIpc) is 2.45.